The van der Waals surface area contributed by atoms with Gasteiger partial charge in [0.05, 0.1) is 6.04 Å². The first kappa shape index (κ1) is 16.9. The summed E-state index contributed by atoms with van der Waals surface area (Å²) < 4.78 is 13.3. The number of likely N-dealkylation sites (tertiary alicyclic amines) is 1. The normalized spacial score (nSPS) is 16.1. The van der Waals surface area contributed by atoms with E-state index in [-0.39, 0.29) is 11.9 Å². The lowest BCUT2D eigenvalue weighted by molar-refractivity contribution is 0.0937. The van der Waals surface area contributed by atoms with E-state index in [0.717, 1.165) is 31.5 Å². The summed E-state index contributed by atoms with van der Waals surface area (Å²) in [6.45, 7) is 2.43. The highest BCUT2D eigenvalue weighted by atomic mass is 35.5. The Bertz CT molecular complexity index is 716. The molecule has 1 N–H and O–H groups in total. The quantitative estimate of drug-likeness (QED) is 0.886. The second-order valence-electron chi connectivity index (χ2n) is 6.00. The van der Waals surface area contributed by atoms with Crippen LogP contribution < -0.4 is 5.32 Å². The number of carbonyl (C=O) groups is 1. The second-order valence-corrected chi connectivity index (χ2v) is 6.41. The van der Waals surface area contributed by atoms with Gasteiger partial charge in [-0.3, -0.25) is 9.69 Å². The van der Waals surface area contributed by atoms with E-state index in [2.05, 4.69) is 10.2 Å². The summed E-state index contributed by atoms with van der Waals surface area (Å²) in [6.07, 6.45) is 2.30. The molecule has 0 aliphatic carbocycles. The minimum Gasteiger partial charge on any atom is -0.350 e. The average molecular weight is 347 g/mol. The van der Waals surface area contributed by atoms with Gasteiger partial charge in [0.25, 0.3) is 5.91 Å². The molecule has 0 bridgehead atoms. The Hall–Kier alpha value is -1.91. The van der Waals surface area contributed by atoms with Crippen LogP contribution in [0.25, 0.3) is 0 Å². The third-order valence-corrected chi connectivity index (χ3v) is 4.73. The van der Waals surface area contributed by atoms with Crippen molar-refractivity contribution in [2.75, 3.05) is 19.6 Å². The molecule has 2 aromatic rings. The van der Waals surface area contributed by atoms with E-state index < -0.39 is 5.82 Å². The largest absolute Gasteiger partial charge is 0.350 e. The lowest BCUT2D eigenvalue weighted by Crippen LogP contribution is -2.37. The molecule has 1 heterocycles. The lowest BCUT2D eigenvalue weighted by atomic mass is 10.0. The fourth-order valence-electron chi connectivity index (χ4n) is 3.16. The van der Waals surface area contributed by atoms with Gasteiger partial charge in [-0.25, -0.2) is 4.39 Å². The van der Waals surface area contributed by atoms with Crippen LogP contribution in [0.15, 0.2) is 48.5 Å². The molecule has 1 unspecified atom stereocenters. The molecule has 1 fully saturated rings. The maximum absolute atomic E-state index is 13.3. The monoisotopic (exact) mass is 346 g/mol. The molecule has 1 amide bonds. The molecule has 0 saturated carbocycles. The van der Waals surface area contributed by atoms with Gasteiger partial charge >= 0.3 is 0 Å². The van der Waals surface area contributed by atoms with Crippen LogP contribution in [0.5, 0.6) is 0 Å². The molecule has 24 heavy (non-hydrogen) atoms. The Balaban J connectivity index is 1.75. The van der Waals surface area contributed by atoms with Crippen molar-refractivity contribution in [2.45, 2.75) is 18.9 Å². The van der Waals surface area contributed by atoms with Gasteiger partial charge in [0, 0.05) is 17.1 Å². The van der Waals surface area contributed by atoms with Crippen LogP contribution in [-0.2, 0) is 0 Å². The SMILES string of the molecule is O=C(NCC(c1ccccc1Cl)N1CCCC1)c1cccc(F)c1. The number of benzene rings is 2. The van der Waals surface area contributed by atoms with Crippen molar-refractivity contribution in [2.24, 2.45) is 0 Å². The smallest absolute Gasteiger partial charge is 0.251 e. The van der Waals surface area contributed by atoms with Crippen molar-refractivity contribution in [3.05, 3.63) is 70.5 Å². The number of nitrogens with one attached hydrogen (secondary N) is 1. The van der Waals surface area contributed by atoms with Crippen LogP contribution >= 0.6 is 11.6 Å². The maximum atomic E-state index is 13.3. The molecular formula is C19H20ClFN2O. The first-order valence-electron chi connectivity index (χ1n) is 8.17. The first-order chi connectivity index (χ1) is 11.6. The minimum absolute atomic E-state index is 0.0266. The number of rotatable bonds is 5. The highest BCUT2D eigenvalue weighted by molar-refractivity contribution is 6.31. The van der Waals surface area contributed by atoms with Crippen LogP contribution in [0.2, 0.25) is 5.02 Å². The summed E-state index contributed by atoms with van der Waals surface area (Å²) in [5.74, 6) is -0.685. The van der Waals surface area contributed by atoms with E-state index in [4.69, 9.17) is 11.6 Å². The summed E-state index contributed by atoms with van der Waals surface area (Å²) >= 11 is 6.36. The highest BCUT2D eigenvalue weighted by Crippen LogP contribution is 2.29. The fraction of sp³-hybridized carbons (Fsp3) is 0.316. The third kappa shape index (κ3) is 3.94. The van der Waals surface area contributed by atoms with E-state index in [0.29, 0.717) is 17.1 Å². The van der Waals surface area contributed by atoms with E-state index in [1.807, 2.05) is 24.3 Å². The van der Waals surface area contributed by atoms with Gasteiger partial charge in [0.1, 0.15) is 5.82 Å². The van der Waals surface area contributed by atoms with Gasteiger partial charge in [-0.15, -0.1) is 0 Å². The van der Waals surface area contributed by atoms with Gasteiger partial charge < -0.3 is 5.32 Å². The predicted octanol–water partition coefficient (Wildman–Crippen LogP) is 4.05. The molecule has 2 aromatic carbocycles. The average Bonchev–Trinajstić information content (AvgIpc) is 3.11. The summed E-state index contributed by atoms with van der Waals surface area (Å²) in [7, 11) is 0. The molecule has 0 spiro atoms. The minimum atomic E-state index is -0.412. The molecule has 3 nitrogen and oxygen atoms in total. The number of carbonyl (C=O) groups excluding carboxylic acids is 1. The Labute approximate surface area is 146 Å². The zero-order valence-corrected chi connectivity index (χ0v) is 14.1. The molecule has 0 radical (unpaired) electrons. The van der Waals surface area contributed by atoms with Gasteiger partial charge in [-0.2, -0.15) is 0 Å². The molecule has 1 atom stereocenters. The first-order valence-corrected chi connectivity index (χ1v) is 8.55. The van der Waals surface area contributed by atoms with Crippen LogP contribution in [0.4, 0.5) is 4.39 Å². The fourth-order valence-corrected chi connectivity index (χ4v) is 3.42. The Morgan fingerprint density at radius 2 is 1.92 bits per heavy atom. The van der Waals surface area contributed by atoms with Crippen molar-refractivity contribution in [1.82, 2.24) is 10.2 Å². The van der Waals surface area contributed by atoms with E-state index in [9.17, 15) is 9.18 Å². The Kier molecular flexibility index (Phi) is 5.48. The van der Waals surface area contributed by atoms with E-state index >= 15 is 0 Å². The Morgan fingerprint density at radius 1 is 1.17 bits per heavy atom. The number of amides is 1. The maximum Gasteiger partial charge on any atom is 0.251 e. The number of halogens is 2. The molecular weight excluding hydrogens is 327 g/mol. The summed E-state index contributed by atoms with van der Waals surface area (Å²) in [5, 5.41) is 3.63. The number of nitrogens with zero attached hydrogens (tertiary/aromatic N) is 1. The molecule has 1 aliphatic rings. The number of hydrogen-bond acceptors (Lipinski definition) is 2. The van der Waals surface area contributed by atoms with Gasteiger partial charge in [0.15, 0.2) is 0 Å². The van der Waals surface area contributed by atoms with Crippen molar-refractivity contribution >= 4 is 17.5 Å². The second kappa shape index (κ2) is 7.77. The van der Waals surface area contributed by atoms with Crippen LogP contribution in [0, 0.1) is 5.82 Å². The summed E-state index contributed by atoms with van der Waals surface area (Å²) in [4.78, 5) is 14.6. The zero-order valence-electron chi connectivity index (χ0n) is 13.3. The topological polar surface area (TPSA) is 32.3 Å². The molecule has 5 heteroatoms. The third-order valence-electron chi connectivity index (χ3n) is 4.39. The van der Waals surface area contributed by atoms with Gasteiger partial charge in [0.2, 0.25) is 0 Å². The summed E-state index contributed by atoms with van der Waals surface area (Å²) in [5.41, 5.74) is 1.34. The standard InChI is InChI=1S/C19H20ClFN2O/c20-17-9-2-1-8-16(17)18(23-10-3-4-11-23)13-22-19(24)14-6-5-7-15(21)12-14/h1-2,5-9,12,18H,3-4,10-11,13H2,(H,22,24). The van der Waals surface area contributed by atoms with Gasteiger partial charge in [-0.1, -0.05) is 35.9 Å². The van der Waals surface area contributed by atoms with Crippen molar-refractivity contribution in [3.8, 4) is 0 Å². The highest BCUT2D eigenvalue weighted by Gasteiger charge is 2.25. The van der Waals surface area contributed by atoms with Gasteiger partial charge in [-0.05, 0) is 55.8 Å². The van der Waals surface area contributed by atoms with E-state index in [1.54, 1.807) is 6.07 Å². The molecule has 3 rings (SSSR count). The molecule has 0 aromatic heterocycles. The molecule has 126 valence electrons. The van der Waals surface area contributed by atoms with Crippen LogP contribution in [0.1, 0.15) is 34.8 Å². The van der Waals surface area contributed by atoms with Crippen LogP contribution in [-0.4, -0.2) is 30.4 Å². The Morgan fingerprint density at radius 3 is 2.62 bits per heavy atom. The number of hydrogen-bond donors (Lipinski definition) is 1. The van der Waals surface area contributed by atoms with Crippen molar-refractivity contribution in [3.63, 3.8) is 0 Å². The lowest BCUT2D eigenvalue weighted by Gasteiger charge is -2.29. The van der Waals surface area contributed by atoms with Crippen molar-refractivity contribution < 1.29 is 9.18 Å². The zero-order chi connectivity index (χ0) is 16.9. The van der Waals surface area contributed by atoms with Crippen LogP contribution in [0.3, 0.4) is 0 Å². The summed E-state index contributed by atoms with van der Waals surface area (Å²) in [6, 6.07) is 13.5. The molecule has 1 saturated heterocycles. The predicted molar refractivity (Wildman–Crippen MR) is 93.7 cm³/mol. The molecule has 1 aliphatic heterocycles. The van der Waals surface area contributed by atoms with Crippen molar-refractivity contribution in [1.29, 1.82) is 0 Å². The van der Waals surface area contributed by atoms with E-state index in [1.165, 1.54) is 18.2 Å².